The van der Waals surface area contributed by atoms with Crippen molar-refractivity contribution in [3.8, 4) is 69.2 Å². The molecule has 0 amide bonds. The molecule has 4 aromatic carbocycles. The summed E-state index contributed by atoms with van der Waals surface area (Å²) in [6.07, 6.45) is -15.4. The zero-order valence-corrected chi connectivity index (χ0v) is 25.4. The molecule has 2 aliphatic heterocycles. The molecule has 0 aromatic heterocycles. The second kappa shape index (κ2) is 12.3. The van der Waals surface area contributed by atoms with E-state index in [1.54, 1.807) is 24.3 Å². The standard InChI is InChI=1S/C35H13F9N6O2/c36-33(37,38)19-9-16(10-20(11-19)34(39,40)41)21-5-1-2-6-22(21)25-27-30(52-31(49-27)17(12-45)13-46)26(23-7-3-4-8-24(23)35(42,43)44)28-29(25)51-32(50-28)18(14-47)15-48/h1-11,49-50H. The Labute approximate surface area is 286 Å². The van der Waals surface area contributed by atoms with Crippen LogP contribution < -0.4 is 20.1 Å². The van der Waals surface area contributed by atoms with Crippen LogP contribution in [-0.2, 0) is 18.5 Å². The summed E-state index contributed by atoms with van der Waals surface area (Å²) < 4.78 is 138. The molecule has 0 atom stereocenters. The highest BCUT2D eigenvalue weighted by Crippen LogP contribution is 2.62. The van der Waals surface area contributed by atoms with Gasteiger partial charge in [0, 0.05) is 0 Å². The van der Waals surface area contributed by atoms with Crippen LogP contribution in [0.5, 0.6) is 11.5 Å². The van der Waals surface area contributed by atoms with Gasteiger partial charge in [0.2, 0.25) is 11.8 Å². The summed E-state index contributed by atoms with van der Waals surface area (Å²) in [7, 11) is 0. The molecule has 0 saturated heterocycles. The van der Waals surface area contributed by atoms with Crippen LogP contribution in [0.1, 0.15) is 16.7 Å². The van der Waals surface area contributed by atoms with Crippen molar-refractivity contribution in [1.29, 1.82) is 21.0 Å². The number of benzene rings is 4. The van der Waals surface area contributed by atoms with E-state index in [1.165, 1.54) is 30.3 Å². The zero-order chi connectivity index (χ0) is 37.7. The Hall–Kier alpha value is -7.11. The van der Waals surface area contributed by atoms with E-state index < -0.39 is 86.3 Å². The van der Waals surface area contributed by atoms with Crippen molar-refractivity contribution in [3.05, 3.63) is 106 Å². The molecule has 0 unspecified atom stereocenters. The average molecular weight is 721 g/mol. The van der Waals surface area contributed by atoms with Gasteiger partial charge in [-0.2, -0.15) is 60.6 Å². The lowest BCUT2D eigenvalue weighted by Gasteiger charge is -2.21. The van der Waals surface area contributed by atoms with Crippen molar-refractivity contribution in [1.82, 2.24) is 0 Å². The summed E-state index contributed by atoms with van der Waals surface area (Å²) in [5.41, 5.74) is -8.83. The maximum atomic E-state index is 14.4. The predicted octanol–water partition coefficient (Wildman–Crippen LogP) is 9.87. The van der Waals surface area contributed by atoms with Gasteiger partial charge >= 0.3 is 18.5 Å². The summed E-state index contributed by atoms with van der Waals surface area (Å²) in [6, 6.07) is 16.3. The normalized spacial score (nSPS) is 13.2. The Balaban J connectivity index is 1.78. The smallest absolute Gasteiger partial charge is 0.417 e. The first kappa shape index (κ1) is 34.7. The van der Waals surface area contributed by atoms with Gasteiger partial charge in [-0.3, -0.25) is 0 Å². The average Bonchev–Trinajstić information content (AvgIpc) is 3.72. The number of anilines is 2. The van der Waals surface area contributed by atoms with Crippen molar-refractivity contribution in [2.45, 2.75) is 18.5 Å². The van der Waals surface area contributed by atoms with Crippen molar-refractivity contribution >= 4 is 11.4 Å². The molecule has 4 aromatic rings. The van der Waals surface area contributed by atoms with E-state index in [1.807, 2.05) is 0 Å². The third-order valence-corrected chi connectivity index (χ3v) is 7.79. The van der Waals surface area contributed by atoms with Crippen LogP contribution in [0.3, 0.4) is 0 Å². The monoisotopic (exact) mass is 720 g/mol. The fourth-order valence-corrected chi connectivity index (χ4v) is 5.63. The highest BCUT2D eigenvalue weighted by Gasteiger charge is 2.43. The highest BCUT2D eigenvalue weighted by atomic mass is 19.4. The summed E-state index contributed by atoms with van der Waals surface area (Å²) in [5.74, 6) is -2.06. The quantitative estimate of drug-likeness (QED) is 0.158. The number of nitrogens with one attached hydrogen (secondary N) is 2. The van der Waals surface area contributed by atoms with Gasteiger partial charge in [0.05, 0.1) is 39.2 Å². The number of hydrogen-bond acceptors (Lipinski definition) is 8. The molecule has 0 bridgehead atoms. The maximum Gasteiger partial charge on any atom is 0.417 e. The van der Waals surface area contributed by atoms with E-state index >= 15 is 0 Å². The lowest BCUT2D eigenvalue weighted by atomic mass is 9.88. The van der Waals surface area contributed by atoms with Crippen LogP contribution >= 0.6 is 0 Å². The molecule has 0 saturated carbocycles. The number of nitriles is 4. The number of alkyl halides is 9. The molecule has 0 aliphatic carbocycles. The molecular weight excluding hydrogens is 707 g/mol. The topological polar surface area (TPSA) is 138 Å². The Morgan fingerprint density at radius 1 is 0.519 bits per heavy atom. The molecule has 0 spiro atoms. The largest absolute Gasteiger partial charge is 0.436 e. The SMILES string of the molecule is N#CC(C#N)=C1Nc2c(c(-c3ccccc3-c3cc(C(F)(F)F)cc(C(F)(F)F)c3)c3c(c2-c2ccccc2C(F)(F)F)OC(=C(C#N)C#N)N3)O1. The third kappa shape index (κ3) is 5.91. The van der Waals surface area contributed by atoms with E-state index in [4.69, 9.17) is 9.47 Å². The molecule has 258 valence electrons. The summed E-state index contributed by atoms with van der Waals surface area (Å²) >= 11 is 0. The van der Waals surface area contributed by atoms with Gasteiger partial charge in [-0.15, -0.1) is 0 Å². The Morgan fingerprint density at radius 3 is 1.35 bits per heavy atom. The number of allylic oxidation sites excluding steroid dienone is 2. The van der Waals surface area contributed by atoms with Crippen LogP contribution in [0, 0.1) is 45.3 Å². The minimum absolute atomic E-state index is 0.0679. The molecule has 2 N–H and O–H groups in total. The van der Waals surface area contributed by atoms with E-state index in [9.17, 15) is 60.6 Å². The molecule has 0 radical (unpaired) electrons. The first-order valence-electron chi connectivity index (χ1n) is 14.3. The number of nitrogens with zero attached hydrogens (tertiary/aromatic N) is 4. The summed E-state index contributed by atoms with van der Waals surface area (Å²) in [4.78, 5) is 0. The highest BCUT2D eigenvalue weighted by molar-refractivity contribution is 6.08. The Kier molecular flexibility index (Phi) is 8.24. The fourth-order valence-electron chi connectivity index (χ4n) is 5.63. The van der Waals surface area contributed by atoms with Crippen molar-refractivity contribution in [3.63, 3.8) is 0 Å². The number of hydrogen-bond donors (Lipinski definition) is 2. The molecule has 2 aliphatic rings. The minimum Gasteiger partial charge on any atom is -0.436 e. The van der Waals surface area contributed by atoms with Gasteiger partial charge in [0.25, 0.3) is 0 Å². The van der Waals surface area contributed by atoms with E-state index in [-0.39, 0.29) is 34.1 Å². The lowest BCUT2D eigenvalue weighted by molar-refractivity contribution is -0.143. The van der Waals surface area contributed by atoms with Crippen LogP contribution in [0.4, 0.5) is 50.9 Å². The second-order valence-corrected chi connectivity index (χ2v) is 10.9. The van der Waals surface area contributed by atoms with Gasteiger partial charge in [-0.05, 0) is 46.5 Å². The minimum atomic E-state index is -5.22. The van der Waals surface area contributed by atoms with E-state index in [2.05, 4.69) is 10.6 Å². The maximum absolute atomic E-state index is 14.4. The molecular formula is C35H13F9N6O2. The first-order valence-corrected chi connectivity index (χ1v) is 14.3. The second-order valence-electron chi connectivity index (χ2n) is 10.9. The predicted molar refractivity (Wildman–Crippen MR) is 163 cm³/mol. The van der Waals surface area contributed by atoms with Crippen molar-refractivity contribution in [2.75, 3.05) is 10.6 Å². The van der Waals surface area contributed by atoms with E-state index in [0.29, 0.717) is 12.1 Å². The fraction of sp³-hybridized carbons (Fsp3) is 0.0857. The summed E-state index contributed by atoms with van der Waals surface area (Å²) in [5, 5.41) is 43.6. The van der Waals surface area contributed by atoms with Gasteiger partial charge in [-0.25, -0.2) is 0 Å². The summed E-state index contributed by atoms with van der Waals surface area (Å²) in [6.45, 7) is 0. The molecule has 2 heterocycles. The first-order chi connectivity index (χ1) is 24.5. The Bertz CT molecular complexity index is 2290. The molecule has 6 rings (SSSR count). The van der Waals surface area contributed by atoms with E-state index in [0.717, 1.165) is 18.2 Å². The zero-order valence-electron chi connectivity index (χ0n) is 25.4. The number of rotatable bonds is 3. The Morgan fingerprint density at radius 2 is 0.923 bits per heavy atom. The molecule has 0 fully saturated rings. The van der Waals surface area contributed by atoms with Crippen molar-refractivity contribution in [2.24, 2.45) is 0 Å². The molecule has 17 heteroatoms. The van der Waals surface area contributed by atoms with Crippen LogP contribution in [0.25, 0.3) is 33.4 Å². The number of fused-ring (bicyclic) bond motifs is 2. The number of halogens is 9. The van der Waals surface area contributed by atoms with Crippen LogP contribution in [0.15, 0.2) is 89.6 Å². The molecule has 8 nitrogen and oxygen atoms in total. The third-order valence-electron chi connectivity index (χ3n) is 7.79. The van der Waals surface area contributed by atoms with Gasteiger partial charge in [0.15, 0.2) is 22.6 Å². The van der Waals surface area contributed by atoms with Gasteiger partial charge in [0.1, 0.15) is 24.3 Å². The lowest BCUT2D eigenvalue weighted by Crippen LogP contribution is -2.11. The van der Waals surface area contributed by atoms with Gasteiger partial charge in [-0.1, -0.05) is 42.5 Å². The number of ether oxygens (including phenoxy) is 2. The van der Waals surface area contributed by atoms with Crippen molar-refractivity contribution < 1.29 is 49.0 Å². The van der Waals surface area contributed by atoms with Crippen LogP contribution in [0.2, 0.25) is 0 Å². The van der Waals surface area contributed by atoms with Crippen LogP contribution in [-0.4, -0.2) is 0 Å². The van der Waals surface area contributed by atoms with Gasteiger partial charge < -0.3 is 20.1 Å². The molecule has 52 heavy (non-hydrogen) atoms.